The van der Waals surface area contributed by atoms with Crippen LogP contribution in [0.3, 0.4) is 0 Å². The van der Waals surface area contributed by atoms with Crippen molar-refractivity contribution < 1.29 is 4.79 Å². The van der Waals surface area contributed by atoms with Crippen LogP contribution in [0.2, 0.25) is 5.02 Å². The zero-order chi connectivity index (χ0) is 15.8. The number of nitrogens with one attached hydrogen (secondary N) is 1. The van der Waals surface area contributed by atoms with Crippen LogP contribution in [0.15, 0.2) is 47.3 Å². The van der Waals surface area contributed by atoms with E-state index in [0.29, 0.717) is 18.0 Å². The highest BCUT2D eigenvalue weighted by atomic mass is 35.5. The third kappa shape index (κ3) is 2.78. The maximum Gasteiger partial charge on any atom is 0.226 e. The molecule has 1 unspecified atom stereocenters. The molecule has 1 aliphatic heterocycles. The quantitative estimate of drug-likeness (QED) is 0.777. The van der Waals surface area contributed by atoms with Gasteiger partial charge in [0, 0.05) is 22.9 Å². The molecule has 2 aromatic heterocycles. The highest BCUT2D eigenvalue weighted by Crippen LogP contribution is 2.37. The fourth-order valence-corrected chi connectivity index (χ4v) is 3.76. The Bertz CT molecular complexity index is 839. The van der Waals surface area contributed by atoms with Crippen molar-refractivity contribution in [1.29, 1.82) is 0 Å². The summed E-state index contributed by atoms with van der Waals surface area (Å²) in [6, 6.07) is 9.74. The lowest BCUT2D eigenvalue weighted by Crippen LogP contribution is -2.24. The molecule has 1 amide bonds. The maximum atomic E-state index is 12.1. The number of aromatic nitrogens is 2. The Balaban J connectivity index is 1.69. The van der Waals surface area contributed by atoms with Gasteiger partial charge in [0.1, 0.15) is 5.82 Å². The Kier molecular flexibility index (Phi) is 3.67. The van der Waals surface area contributed by atoms with Crippen molar-refractivity contribution in [2.75, 3.05) is 5.32 Å². The fourth-order valence-electron chi connectivity index (χ4n) is 2.92. The zero-order valence-electron chi connectivity index (χ0n) is 12.2. The van der Waals surface area contributed by atoms with Crippen LogP contribution in [-0.2, 0) is 11.3 Å². The number of amides is 1. The van der Waals surface area contributed by atoms with Gasteiger partial charge < -0.3 is 5.32 Å². The molecular formula is C17H14ClN3OS. The Morgan fingerprint density at radius 1 is 1.30 bits per heavy atom. The predicted octanol–water partition coefficient (Wildman–Crippen LogP) is 4.12. The van der Waals surface area contributed by atoms with Crippen LogP contribution in [0.25, 0.3) is 0 Å². The fraction of sp³-hybridized carbons (Fsp3) is 0.176. The topological polar surface area (TPSA) is 46.9 Å². The number of fused-ring (bicyclic) bond motifs is 1. The summed E-state index contributed by atoms with van der Waals surface area (Å²) in [7, 11) is 0. The van der Waals surface area contributed by atoms with Gasteiger partial charge in [0.2, 0.25) is 5.91 Å². The van der Waals surface area contributed by atoms with E-state index in [9.17, 15) is 4.79 Å². The van der Waals surface area contributed by atoms with Crippen LogP contribution in [0.5, 0.6) is 0 Å². The highest BCUT2D eigenvalue weighted by Gasteiger charge is 2.30. The standard InChI is InChI=1S/C17H14ClN3OS/c18-13-3-1-11(2-4-13)9-21-17-15(8-19-21)14(7-16(22)20-17)12-5-6-23-10-12/h1-6,8,10,14H,7,9H2,(H,20,22). The third-order valence-corrected chi connectivity index (χ3v) is 5.04. The van der Waals surface area contributed by atoms with E-state index in [4.69, 9.17) is 11.6 Å². The van der Waals surface area contributed by atoms with Gasteiger partial charge in [0.25, 0.3) is 0 Å². The summed E-state index contributed by atoms with van der Waals surface area (Å²) in [5, 5.41) is 12.3. The molecular weight excluding hydrogens is 330 g/mol. The number of halogens is 1. The molecule has 0 spiro atoms. The van der Waals surface area contributed by atoms with Gasteiger partial charge in [-0.25, -0.2) is 4.68 Å². The lowest BCUT2D eigenvalue weighted by Gasteiger charge is -2.23. The number of anilines is 1. The van der Waals surface area contributed by atoms with Gasteiger partial charge in [0.05, 0.1) is 12.7 Å². The molecule has 3 aromatic rings. The van der Waals surface area contributed by atoms with Gasteiger partial charge in [-0.15, -0.1) is 0 Å². The second-order valence-electron chi connectivity index (χ2n) is 5.59. The van der Waals surface area contributed by atoms with Gasteiger partial charge in [-0.3, -0.25) is 4.79 Å². The molecule has 1 aliphatic rings. The third-order valence-electron chi connectivity index (χ3n) is 4.08. The van der Waals surface area contributed by atoms with Crippen LogP contribution in [0.1, 0.15) is 29.0 Å². The molecule has 116 valence electrons. The Hall–Kier alpha value is -2.11. The van der Waals surface area contributed by atoms with Gasteiger partial charge >= 0.3 is 0 Å². The maximum absolute atomic E-state index is 12.1. The summed E-state index contributed by atoms with van der Waals surface area (Å²) >= 11 is 7.57. The van der Waals surface area contributed by atoms with Crippen molar-refractivity contribution in [1.82, 2.24) is 9.78 Å². The van der Waals surface area contributed by atoms with E-state index in [-0.39, 0.29) is 11.8 Å². The Labute approximate surface area is 142 Å². The molecule has 0 aliphatic carbocycles. The van der Waals surface area contributed by atoms with E-state index in [0.717, 1.165) is 16.9 Å². The molecule has 0 saturated carbocycles. The predicted molar refractivity (Wildman–Crippen MR) is 92.2 cm³/mol. The second kappa shape index (κ2) is 5.83. The molecule has 0 saturated heterocycles. The summed E-state index contributed by atoms with van der Waals surface area (Å²) < 4.78 is 1.84. The van der Waals surface area contributed by atoms with E-state index >= 15 is 0 Å². The number of benzene rings is 1. The molecule has 4 nitrogen and oxygen atoms in total. The Morgan fingerprint density at radius 3 is 2.87 bits per heavy atom. The lowest BCUT2D eigenvalue weighted by molar-refractivity contribution is -0.116. The zero-order valence-corrected chi connectivity index (χ0v) is 13.8. The van der Waals surface area contributed by atoms with Crippen molar-refractivity contribution in [3.63, 3.8) is 0 Å². The first-order chi connectivity index (χ1) is 11.2. The normalized spacial score (nSPS) is 16.9. The number of hydrogen-bond donors (Lipinski definition) is 1. The molecule has 1 aromatic carbocycles. The average molecular weight is 344 g/mol. The van der Waals surface area contributed by atoms with Crippen molar-refractivity contribution in [2.24, 2.45) is 0 Å². The minimum atomic E-state index is 0.0338. The number of nitrogens with zero attached hydrogens (tertiary/aromatic N) is 2. The van der Waals surface area contributed by atoms with Crippen molar-refractivity contribution in [3.05, 3.63) is 69.0 Å². The minimum absolute atomic E-state index is 0.0338. The van der Waals surface area contributed by atoms with E-state index in [1.807, 2.05) is 40.5 Å². The molecule has 6 heteroatoms. The summed E-state index contributed by atoms with van der Waals surface area (Å²) in [5.41, 5.74) is 3.35. The van der Waals surface area contributed by atoms with Crippen molar-refractivity contribution in [2.45, 2.75) is 18.9 Å². The number of carbonyl (C=O) groups is 1. The molecule has 0 fully saturated rings. The molecule has 3 heterocycles. The summed E-state index contributed by atoms with van der Waals surface area (Å²) in [6.45, 7) is 0.600. The van der Waals surface area contributed by atoms with E-state index in [2.05, 4.69) is 21.9 Å². The van der Waals surface area contributed by atoms with E-state index in [1.165, 1.54) is 5.56 Å². The van der Waals surface area contributed by atoms with Gasteiger partial charge in [-0.2, -0.15) is 16.4 Å². The van der Waals surface area contributed by atoms with Crippen LogP contribution in [-0.4, -0.2) is 15.7 Å². The molecule has 1 N–H and O–H groups in total. The summed E-state index contributed by atoms with van der Waals surface area (Å²) in [5.74, 6) is 0.919. The first-order valence-electron chi connectivity index (χ1n) is 7.33. The minimum Gasteiger partial charge on any atom is -0.311 e. The smallest absolute Gasteiger partial charge is 0.226 e. The number of rotatable bonds is 3. The largest absolute Gasteiger partial charge is 0.311 e. The van der Waals surface area contributed by atoms with Gasteiger partial charge in [0.15, 0.2) is 0 Å². The van der Waals surface area contributed by atoms with Crippen LogP contribution < -0.4 is 5.32 Å². The van der Waals surface area contributed by atoms with E-state index in [1.54, 1.807) is 11.3 Å². The number of hydrogen-bond acceptors (Lipinski definition) is 3. The Morgan fingerprint density at radius 2 is 2.13 bits per heavy atom. The molecule has 1 atom stereocenters. The first-order valence-corrected chi connectivity index (χ1v) is 8.65. The van der Waals surface area contributed by atoms with E-state index < -0.39 is 0 Å². The lowest BCUT2D eigenvalue weighted by atomic mass is 9.89. The van der Waals surface area contributed by atoms with Gasteiger partial charge in [-0.05, 0) is 40.1 Å². The molecule has 4 rings (SSSR count). The summed E-state index contributed by atoms with van der Waals surface area (Å²) in [6.07, 6.45) is 2.34. The van der Waals surface area contributed by atoms with Crippen molar-refractivity contribution in [3.8, 4) is 0 Å². The second-order valence-corrected chi connectivity index (χ2v) is 6.81. The molecule has 23 heavy (non-hydrogen) atoms. The molecule has 0 radical (unpaired) electrons. The molecule has 0 bridgehead atoms. The summed E-state index contributed by atoms with van der Waals surface area (Å²) in [4.78, 5) is 12.1. The van der Waals surface area contributed by atoms with Crippen molar-refractivity contribution >= 4 is 34.7 Å². The van der Waals surface area contributed by atoms with Crippen LogP contribution in [0.4, 0.5) is 5.82 Å². The highest BCUT2D eigenvalue weighted by molar-refractivity contribution is 7.08. The average Bonchev–Trinajstić information content (AvgIpc) is 3.19. The first kappa shape index (κ1) is 14.5. The number of carbonyl (C=O) groups excluding carboxylic acids is 1. The monoisotopic (exact) mass is 343 g/mol. The van der Waals surface area contributed by atoms with Crippen LogP contribution >= 0.6 is 22.9 Å². The van der Waals surface area contributed by atoms with Crippen LogP contribution in [0, 0.1) is 0 Å². The SMILES string of the molecule is O=C1CC(c2ccsc2)c2cnn(Cc3ccc(Cl)cc3)c2N1. The van der Waals surface area contributed by atoms with Gasteiger partial charge in [-0.1, -0.05) is 23.7 Å². The number of thiophene rings is 1.